The van der Waals surface area contributed by atoms with Crippen molar-refractivity contribution in [1.82, 2.24) is 14.5 Å². The van der Waals surface area contributed by atoms with Crippen LogP contribution in [0.5, 0.6) is 0 Å². The summed E-state index contributed by atoms with van der Waals surface area (Å²) in [6.45, 7) is 0.859. The molecule has 0 aliphatic heterocycles. The van der Waals surface area contributed by atoms with Gasteiger partial charge >= 0.3 is 5.97 Å². The molecule has 1 aliphatic rings. The number of rotatable bonds is 10. The smallest absolute Gasteiger partial charge is 0.303 e. The van der Waals surface area contributed by atoms with E-state index >= 15 is 0 Å². The number of aliphatic carboxylic acids is 1. The second-order valence-corrected chi connectivity index (χ2v) is 10.1. The van der Waals surface area contributed by atoms with Gasteiger partial charge in [0.25, 0.3) is 0 Å². The molecule has 0 bridgehead atoms. The number of carbonyl (C=O) groups is 1. The minimum Gasteiger partial charge on any atom is -0.481 e. The Bertz CT molecular complexity index is 1340. The molecule has 180 valence electrons. The third-order valence-corrected chi connectivity index (χ3v) is 7.01. The van der Waals surface area contributed by atoms with Gasteiger partial charge in [-0.25, -0.2) is 9.97 Å². The highest BCUT2D eigenvalue weighted by molar-refractivity contribution is 6.31. The van der Waals surface area contributed by atoms with Crippen LogP contribution in [0.3, 0.4) is 0 Å². The van der Waals surface area contributed by atoms with Crippen molar-refractivity contribution in [2.24, 2.45) is 0 Å². The van der Waals surface area contributed by atoms with Crippen LogP contribution in [0, 0.1) is 0 Å². The van der Waals surface area contributed by atoms with Gasteiger partial charge in [-0.1, -0.05) is 60.3 Å². The Morgan fingerprint density at radius 2 is 1.43 bits per heavy atom. The van der Waals surface area contributed by atoms with Crippen molar-refractivity contribution in [3.8, 4) is 22.5 Å². The molecule has 4 aromatic rings. The summed E-state index contributed by atoms with van der Waals surface area (Å²) < 4.78 is 2.34. The summed E-state index contributed by atoms with van der Waals surface area (Å²) in [6.07, 6.45) is 6.27. The highest BCUT2D eigenvalue weighted by Crippen LogP contribution is 2.43. The average Bonchev–Trinajstić information content (AvgIpc) is 3.63. The van der Waals surface area contributed by atoms with Gasteiger partial charge in [0.1, 0.15) is 5.52 Å². The van der Waals surface area contributed by atoms with Gasteiger partial charge in [-0.05, 0) is 61.9 Å². The van der Waals surface area contributed by atoms with Crippen LogP contribution < -0.4 is 0 Å². The Kier molecular flexibility index (Phi) is 7.07. The minimum absolute atomic E-state index is 0.239. The summed E-state index contributed by atoms with van der Waals surface area (Å²) in [5, 5.41) is 10.2. The first-order chi connectivity index (χ1) is 17.0. The monoisotopic (exact) mass is 507 g/mol. The van der Waals surface area contributed by atoms with Crippen molar-refractivity contribution >= 4 is 40.3 Å². The molecule has 1 fully saturated rings. The molecule has 0 atom stereocenters. The molecule has 5 nitrogen and oxygen atoms in total. The van der Waals surface area contributed by atoms with Crippen LogP contribution in [0.2, 0.25) is 10.0 Å². The number of carboxylic acid groups (broad SMARTS) is 1. The quantitative estimate of drug-likeness (QED) is 0.221. The number of hydrogen-bond donors (Lipinski definition) is 1. The number of aryl methyl sites for hydroxylation is 1. The topological polar surface area (TPSA) is 68.0 Å². The van der Waals surface area contributed by atoms with E-state index in [1.165, 1.54) is 18.5 Å². The maximum Gasteiger partial charge on any atom is 0.303 e. The fraction of sp³-hybridized carbons (Fsp3) is 0.321. The molecule has 2 aromatic carbocycles. The normalized spacial score (nSPS) is 13.4. The Morgan fingerprint density at radius 1 is 0.857 bits per heavy atom. The number of carboxylic acids is 1. The molecule has 2 heterocycles. The molecule has 1 aliphatic carbocycles. The molecule has 0 unspecified atom stereocenters. The van der Waals surface area contributed by atoms with Crippen molar-refractivity contribution in [2.75, 3.05) is 0 Å². The van der Waals surface area contributed by atoms with Crippen LogP contribution in [0.1, 0.15) is 56.6 Å². The van der Waals surface area contributed by atoms with Gasteiger partial charge in [-0.15, -0.1) is 0 Å². The molecule has 0 amide bonds. The zero-order valence-electron chi connectivity index (χ0n) is 19.4. The van der Waals surface area contributed by atoms with E-state index in [4.69, 9.17) is 38.3 Å². The largest absolute Gasteiger partial charge is 0.481 e. The van der Waals surface area contributed by atoms with Gasteiger partial charge in [0.2, 0.25) is 0 Å². The summed E-state index contributed by atoms with van der Waals surface area (Å²) >= 11 is 12.3. The number of unbranched alkanes of at least 4 members (excludes halogenated alkanes) is 3. The third-order valence-electron chi connectivity index (χ3n) is 6.51. The lowest BCUT2D eigenvalue weighted by atomic mass is 10.0. The molecule has 0 saturated heterocycles. The molecule has 0 spiro atoms. The molecule has 35 heavy (non-hydrogen) atoms. The second kappa shape index (κ2) is 10.4. The lowest BCUT2D eigenvalue weighted by molar-refractivity contribution is -0.137. The van der Waals surface area contributed by atoms with Gasteiger partial charge in [0, 0.05) is 39.8 Å². The van der Waals surface area contributed by atoms with Gasteiger partial charge < -0.3 is 9.67 Å². The molecule has 7 heteroatoms. The second-order valence-electron chi connectivity index (χ2n) is 9.20. The Morgan fingerprint density at radius 3 is 2.00 bits per heavy atom. The van der Waals surface area contributed by atoms with Gasteiger partial charge in [-0.3, -0.25) is 4.79 Å². The van der Waals surface area contributed by atoms with Crippen LogP contribution in [-0.2, 0) is 11.3 Å². The van der Waals surface area contributed by atoms with Crippen LogP contribution >= 0.6 is 23.2 Å². The van der Waals surface area contributed by atoms with E-state index in [0.29, 0.717) is 16.0 Å². The summed E-state index contributed by atoms with van der Waals surface area (Å²) in [5.41, 5.74) is 6.68. The highest BCUT2D eigenvalue weighted by Gasteiger charge is 2.29. The standard InChI is InChI=1S/C28H27Cl2N3O2/c29-21-12-8-19(9-13-21)26-27(20-10-14-22(30)15-11-20)32-28-23(31-26)17-24(18-6-7-18)33(28)16-4-2-1-3-5-25(34)35/h8-15,17-18H,1-7,16H2,(H,34,35). The number of halogens is 2. The number of fused-ring (bicyclic) bond motifs is 1. The fourth-order valence-electron chi connectivity index (χ4n) is 4.55. The molecular formula is C28H27Cl2N3O2. The molecule has 0 radical (unpaired) electrons. The summed E-state index contributed by atoms with van der Waals surface area (Å²) in [4.78, 5) is 21.1. The molecule has 1 N–H and O–H groups in total. The predicted molar refractivity (Wildman–Crippen MR) is 141 cm³/mol. The summed E-state index contributed by atoms with van der Waals surface area (Å²) in [7, 11) is 0. The van der Waals surface area contributed by atoms with E-state index in [1.54, 1.807) is 0 Å². The molecule has 2 aromatic heterocycles. The maximum atomic E-state index is 10.8. The van der Waals surface area contributed by atoms with Crippen LogP contribution in [0.15, 0.2) is 54.6 Å². The zero-order chi connectivity index (χ0) is 24.4. The number of aromatic nitrogens is 3. The first kappa shape index (κ1) is 23.8. The lowest BCUT2D eigenvalue weighted by Gasteiger charge is -2.13. The lowest BCUT2D eigenvalue weighted by Crippen LogP contribution is -2.05. The van der Waals surface area contributed by atoms with Crippen LogP contribution in [0.4, 0.5) is 0 Å². The molecule has 1 saturated carbocycles. The fourth-order valence-corrected chi connectivity index (χ4v) is 4.80. The first-order valence-electron chi connectivity index (χ1n) is 12.1. The molecule has 5 rings (SSSR count). The first-order valence-corrected chi connectivity index (χ1v) is 12.9. The Labute approximate surface area is 214 Å². The van der Waals surface area contributed by atoms with E-state index < -0.39 is 5.97 Å². The van der Waals surface area contributed by atoms with Crippen LogP contribution in [-0.4, -0.2) is 25.6 Å². The van der Waals surface area contributed by atoms with Gasteiger partial charge in [-0.2, -0.15) is 0 Å². The van der Waals surface area contributed by atoms with Gasteiger partial charge in [0.05, 0.1) is 11.4 Å². The number of hydrogen-bond acceptors (Lipinski definition) is 3. The predicted octanol–water partition coefficient (Wildman–Crippen LogP) is 7.98. The van der Waals surface area contributed by atoms with Crippen molar-refractivity contribution in [3.63, 3.8) is 0 Å². The minimum atomic E-state index is -0.723. The van der Waals surface area contributed by atoms with Crippen molar-refractivity contribution < 1.29 is 9.90 Å². The van der Waals surface area contributed by atoms with E-state index in [1.807, 2.05) is 48.5 Å². The van der Waals surface area contributed by atoms with E-state index in [0.717, 1.165) is 65.9 Å². The zero-order valence-corrected chi connectivity index (χ0v) is 20.9. The Balaban J connectivity index is 1.54. The third kappa shape index (κ3) is 5.52. The van der Waals surface area contributed by atoms with Gasteiger partial charge in [0.15, 0.2) is 5.65 Å². The van der Waals surface area contributed by atoms with E-state index in [2.05, 4.69) is 10.6 Å². The van der Waals surface area contributed by atoms with Crippen molar-refractivity contribution in [3.05, 3.63) is 70.3 Å². The van der Waals surface area contributed by atoms with Crippen LogP contribution in [0.25, 0.3) is 33.7 Å². The SMILES string of the molecule is O=C(O)CCCCCCn1c(C2CC2)cc2nc(-c3ccc(Cl)cc3)c(-c3ccc(Cl)cc3)nc21. The molecular weight excluding hydrogens is 481 g/mol. The van der Waals surface area contributed by atoms with E-state index in [9.17, 15) is 4.79 Å². The van der Waals surface area contributed by atoms with E-state index in [-0.39, 0.29) is 6.42 Å². The summed E-state index contributed by atoms with van der Waals surface area (Å²) in [5.74, 6) is -0.158. The highest BCUT2D eigenvalue weighted by atomic mass is 35.5. The van der Waals surface area contributed by atoms with Crippen molar-refractivity contribution in [1.29, 1.82) is 0 Å². The number of nitrogens with zero attached hydrogens (tertiary/aromatic N) is 3. The maximum absolute atomic E-state index is 10.8. The number of benzene rings is 2. The summed E-state index contributed by atoms with van der Waals surface area (Å²) in [6, 6.07) is 17.6. The Hall–Kier alpha value is -2.89. The van der Waals surface area contributed by atoms with Crippen molar-refractivity contribution in [2.45, 2.75) is 57.4 Å². The average molecular weight is 508 g/mol.